The van der Waals surface area contributed by atoms with Gasteiger partial charge in [-0.05, 0) is 60.5 Å². The van der Waals surface area contributed by atoms with Gasteiger partial charge >= 0.3 is 0 Å². The normalized spacial score (nSPS) is 18.6. The van der Waals surface area contributed by atoms with Crippen LogP contribution in [0.2, 0.25) is 0 Å². The Labute approximate surface area is 154 Å². The Morgan fingerprint density at radius 2 is 2.00 bits per heavy atom. The molecule has 0 radical (unpaired) electrons. The average molecular weight is 405 g/mol. The largest absolute Gasteiger partial charge is 0.489 e. The highest BCUT2D eigenvalue weighted by atomic mass is 79.9. The van der Waals surface area contributed by atoms with Gasteiger partial charge in [-0.2, -0.15) is 0 Å². The van der Waals surface area contributed by atoms with Gasteiger partial charge in [0.1, 0.15) is 11.9 Å². The molecule has 5 nitrogen and oxygen atoms in total. The average Bonchev–Trinajstić information content (AvgIpc) is 2.82. The van der Waals surface area contributed by atoms with Crippen molar-refractivity contribution in [3.05, 3.63) is 61.0 Å². The minimum atomic E-state index is -0.213. The van der Waals surface area contributed by atoms with Crippen LogP contribution in [0.15, 0.2) is 27.5 Å². The van der Waals surface area contributed by atoms with Crippen LogP contribution in [0.25, 0.3) is 0 Å². The molecular formula is C19H21BrN2O3. The van der Waals surface area contributed by atoms with Gasteiger partial charge < -0.3 is 15.0 Å². The molecule has 1 aromatic heterocycles. The molecule has 132 valence electrons. The predicted molar refractivity (Wildman–Crippen MR) is 100 cm³/mol. The van der Waals surface area contributed by atoms with Crippen LogP contribution in [0, 0.1) is 13.8 Å². The molecule has 3 rings (SSSR count). The third-order valence-corrected chi connectivity index (χ3v) is 5.34. The Kier molecular flexibility index (Phi) is 4.73. The van der Waals surface area contributed by atoms with Gasteiger partial charge in [-0.3, -0.25) is 9.59 Å². The maximum absolute atomic E-state index is 12.6. The molecule has 6 heteroatoms. The third-order valence-electron chi connectivity index (χ3n) is 4.75. The highest BCUT2D eigenvalue weighted by molar-refractivity contribution is 9.10. The van der Waals surface area contributed by atoms with E-state index in [0.29, 0.717) is 11.1 Å². The summed E-state index contributed by atoms with van der Waals surface area (Å²) in [5.74, 6) is 0.818. The highest BCUT2D eigenvalue weighted by Gasteiger charge is 2.30. The van der Waals surface area contributed by atoms with Crippen LogP contribution >= 0.6 is 15.9 Å². The van der Waals surface area contributed by atoms with Gasteiger partial charge in [0.05, 0.1) is 4.47 Å². The van der Waals surface area contributed by atoms with Gasteiger partial charge in [0.2, 0.25) is 0 Å². The van der Waals surface area contributed by atoms with Crippen molar-refractivity contribution in [1.29, 1.82) is 0 Å². The van der Waals surface area contributed by atoms with Crippen molar-refractivity contribution in [2.45, 2.75) is 46.3 Å². The Balaban J connectivity index is 1.82. The molecule has 0 aliphatic carbocycles. The maximum atomic E-state index is 12.6. The predicted octanol–water partition coefficient (Wildman–Crippen LogP) is 3.57. The van der Waals surface area contributed by atoms with Crippen molar-refractivity contribution in [3.8, 4) is 5.75 Å². The second kappa shape index (κ2) is 6.67. The molecule has 25 heavy (non-hydrogen) atoms. The van der Waals surface area contributed by atoms with Crippen LogP contribution in [0.5, 0.6) is 5.75 Å². The van der Waals surface area contributed by atoms with Crippen LogP contribution in [-0.2, 0) is 6.54 Å². The lowest BCUT2D eigenvalue weighted by atomic mass is 9.96. The van der Waals surface area contributed by atoms with Crippen molar-refractivity contribution in [3.63, 3.8) is 0 Å². The molecule has 0 spiro atoms. The lowest BCUT2D eigenvalue weighted by Gasteiger charge is -2.10. The lowest BCUT2D eigenvalue weighted by Crippen LogP contribution is -2.28. The maximum Gasteiger partial charge on any atom is 0.253 e. The summed E-state index contributed by atoms with van der Waals surface area (Å²) in [5.41, 5.74) is 3.66. The first-order chi connectivity index (χ1) is 11.8. The summed E-state index contributed by atoms with van der Waals surface area (Å²) >= 11 is 3.49. The van der Waals surface area contributed by atoms with E-state index >= 15 is 0 Å². The van der Waals surface area contributed by atoms with Crippen molar-refractivity contribution in [2.75, 3.05) is 0 Å². The molecule has 1 aromatic carbocycles. The van der Waals surface area contributed by atoms with Crippen molar-refractivity contribution < 1.29 is 9.53 Å². The van der Waals surface area contributed by atoms with E-state index in [1.807, 2.05) is 32.9 Å². The van der Waals surface area contributed by atoms with E-state index in [9.17, 15) is 9.59 Å². The molecule has 1 aliphatic rings. The number of hydrogen-bond donors (Lipinski definition) is 2. The summed E-state index contributed by atoms with van der Waals surface area (Å²) in [5, 5.41) is 2.84. The molecule has 2 atom stereocenters. The fraction of sp³-hybridized carbons (Fsp3) is 0.368. The van der Waals surface area contributed by atoms with Crippen LogP contribution in [-0.4, -0.2) is 17.0 Å². The molecule has 2 aromatic rings. The van der Waals surface area contributed by atoms with Gasteiger partial charge in [-0.15, -0.1) is 0 Å². The summed E-state index contributed by atoms with van der Waals surface area (Å²) in [6.45, 7) is 8.00. The first kappa shape index (κ1) is 17.7. The number of nitrogens with one attached hydrogen (secondary N) is 2. The van der Waals surface area contributed by atoms with Crippen LogP contribution in [0.1, 0.15) is 52.5 Å². The fourth-order valence-electron chi connectivity index (χ4n) is 3.12. The van der Waals surface area contributed by atoms with E-state index in [-0.39, 0.29) is 30.0 Å². The Morgan fingerprint density at radius 3 is 2.68 bits per heavy atom. The minimum Gasteiger partial charge on any atom is -0.489 e. The SMILES string of the molecule is Cc1cc(C)c(CNC(=O)c2cc(Br)c3c(c2)C(C)[C@H](C)O3)c(=O)[nH]1. The second-order valence-corrected chi connectivity index (χ2v) is 7.47. The summed E-state index contributed by atoms with van der Waals surface area (Å²) in [6.07, 6.45) is 0.0818. The van der Waals surface area contributed by atoms with Crippen molar-refractivity contribution >= 4 is 21.8 Å². The van der Waals surface area contributed by atoms with Crippen LogP contribution in [0.3, 0.4) is 0 Å². The van der Waals surface area contributed by atoms with E-state index in [0.717, 1.165) is 27.0 Å². The zero-order valence-electron chi connectivity index (χ0n) is 14.7. The molecule has 0 saturated heterocycles. The summed E-state index contributed by atoms with van der Waals surface area (Å²) in [7, 11) is 0. The van der Waals surface area contributed by atoms with Gasteiger partial charge in [-0.1, -0.05) is 6.92 Å². The number of ether oxygens (including phenoxy) is 1. The first-order valence-electron chi connectivity index (χ1n) is 8.25. The minimum absolute atomic E-state index is 0.0818. The number of aromatic nitrogens is 1. The first-order valence-corrected chi connectivity index (χ1v) is 9.05. The number of carbonyl (C=O) groups is 1. The number of rotatable bonds is 3. The van der Waals surface area contributed by atoms with Crippen molar-refractivity contribution in [2.24, 2.45) is 0 Å². The van der Waals surface area contributed by atoms with Crippen LogP contribution < -0.4 is 15.6 Å². The highest BCUT2D eigenvalue weighted by Crippen LogP contribution is 2.43. The molecule has 0 fully saturated rings. The van der Waals surface area contributed by atoms with Crippen LogP contribution in [0.4, 0.5) is 0 Å². The molecule has 0 saturated carbocycles. The monoisotopic (exact) mass is 404 g/mol. The summed E-state index contributed by atoms with van der Waals surface area (Å²) in [6, 6.07) is 5.52. The number of H-pyrrole nitrogens is 1. The molecule has 1 amide bonds. The topological polar surface area (TPSA) is 71.2 Å². The zero-order chi connectivity index (χ0) is 18.3. The van der Waals surface area contributed by atoms with Gasteiger partial charge in [-0.25, -0.2) is 0 Å². The van der Waals surface area contributed by atoms with Crippen molar-refractivity contribution in [1.82, 2.24) is 10.3 Å². The van der Waals surface area contributed by atoms with E-state index in [4.69, 9.17) is 4.74 Å². The summed E-state index contributed by atoms with van der Waals surface area (Å²) < 4.78 is 6.61. The number of benzene rings is 1. The standard InChI is InChI=1S/C19H21BrN2O3/c1-9-5-10(2)22-19(24)15(9)8-21-18(23)13-6-14-11(3)12(4)25-17(14)16(20)7-13/h5-7,11-12H,8H2,1-4H3,(H,21,23)(H,22,24)/t11?,12-/m0/s1. The van der Waals surface area contributed by atoms with E-state index in [1.54, 1.807) is 6.07 Å². The molecular weight excluding hydrogens is 384 g/mol. The summed E-state index contributed by atoms with van der Waals surface area (Å²) in [4.78, 5) is 27.4. The molecule has 2 heterocycles. The number of aromatic amines is 1. The lowest BCUT2D eigenvalue weighted by molar-refractivity contribution is 0.0950. The number of aryl methyl sites for hydroxylation is 2. The van der Waals surface area contributed by atoms with E-state index < -0.39 is 0 Å². The number of fused-ring (bicyclic) bond motifs is 1. The fourth-order valence-corrected chi connectivity index (χ4v) is 3.69. The number of carbonyl (C=O) groups excluding carboxylic acids is 1. The van der Waals surface area contributed by atoms with E-state index in [1.165, 1.54) is 0 Å². The molecule has 1 unspecified atom stereocenters. The number of pyridine rings is 1. The zero-order valence-corrected chi connectivity index (χ0v) is 16.3. The number of hydrogen-bond acceptors (Lipinski definition) is 3. The number of halogens is 1. The smallest absolute Gasteiger partial charge is 0.253 e. The van der Waals surface area contributed by atoms with Gasteiger partial charge in [0.15, 0.2) is 0 Å². The Hall–Kier alpha value is -2.08. The van der Waals surface area contributed by atoms with Gasteiger partial charge in [0.25, 0.3) is 11.5 Å². The van der Waals surface area contributed by atoms with E-state index in [2.05, 4.69) is 33.2 Å². The van der Waals surface area contributed by atoms with Gasteiger partial charge in [0, 0.05) is 34.8 Å². The molecule has 2 N–H and O–H groups in total. The quantitative estimate of drug-likeness (QED) is 0.820. The Bertz CT molecular complexity index is 904. The molecule has 0 bridgehead atoms. The number of amides is 1. The second-order valence-electron chi connectivity index (χ2n) is 6.61. The molecule has 1 aliphatic heterocycles. The Morgan fingerprint density at radius 1 is 1.28 bits per heavy atom. The third kappa shape index (κ3) is 3.35.